The van der Waals surface area contributed by atoms with Crippen molar-refractivity contribution in [2.24, 2.45) is 5.92 Å². The van der Waals surface area contributed by atoms with Gasteiger partial charge in [0.15, 0.2) is 0 Å². The van der Waals surface area contributed by atoms with Gasteiger partial charge >= 0.3 is 11.3 Å². The highest BCUT2D eigenvalue weighted by atomic mass is 31.1. The summed E-state index contributed by atoms with van der Waals surface area (Å²) in [7, 11) is -1.47. The van der Waals surface area contributed by atoms with Gasteiger partial charge in [-0.2, -0.15) is 0 Å². The predicted molar refractivity (Wildman–Crippen MR) is 54.8 cm³/mol. The summed E-state index contributed by atoms with van der Waals surface area (Å²) >= 11 is 0. The average molecular weight is 239 g/mol. The molecule has 0 aromatic heterocycles. The van der Waals surface area contributed by atoms with Gasteiger partial charge < -0.3 is 10.2 Å². The van der Waals surface area contributed by atoms with Crippen LogP contribution in [0.25, 0.3) is 0 Å². The summed E-state index contributed by atoms with van der Waals surface area (Å²) in [4.78, 5) is 10.9. The highest BCUT2D eigenvalue weighted by molar-refractivity contribution is 7.57. The third kappa shape index (κ3) is 2.18. The van der Waals surface area contributed by atoms with Crippen molar-refractivity contribution >= 4 is 19.8 Å². The van der Waals surface area contributed by atoms with Crippen molar-refractivity contribution in [3.63, 3.8) is 0 Å². The van der Waals surface area contributed by atoms with E-state index >= 15 is 0 Å². The van der Waals surface area contributed by atoms with Crippen LogP contribution in [-0.2, 0) is 4.79 Å². The van der Waals surface area contributed by atoms with Crippen molar-refractivity contribution in [3.8, 4) is 0 Å². The average Bonchev–Trinajstić information content (AvgIpc) is 2.44. The van der Waals surface area contributed by atoms with Gasteiger partial charge in [-0.05, 0) is 6.42 Å². The molecule has 1 rings (SSSR count). The molecule has 1 fully saturated rings. The molecule has 2 N–H and O–H groups in total. The molecule has 0 aliphatic heterocycles. The van der Waals surface area contributed by atoms with Crippen LogP contribution in [0.15, 0.2) is 0 Å². The highest BCUT2D eigenvalue weighted by Gasteiger charge is 2.59. The van der Waals surface area contributed by atoms with Gasteiger partial charge in [0.2, 0.25) is 5.92 Å². The van der Waals surface area contributed by atoms with E-state index in [-0.39, 0.29) is 12.8 Å². The number of aliphatic carboxylic acids is 1. The first-order chi connectivity index (χ1) is 6.70. The molecule has 0 aromatic carbocycles. The molecule has 1 saturated carbocycles. The number of aliphatic hydroxyl groups is 1. The Morgan fingerprint density at radius 2 is 2.20 bits per heavy atom. The van der Waals surface area contributed by atoms with E-state index < -0.39 is 37.1 Å². The lowest BCUT2D eigenvalue weighted by atomic mass is 10.00. The largest absolute Gasteiger partial charge is 0.476 e. The zero-order valence-electron chi connectivity index (χ0n) is 8.41. The minimum Gasteiger partial charge on any atom is -0.476 e. The molecule has 0 amide bonds. The fourth-order valence-corrected chi connectivity index (χ4v) is 3.11. The van der Waals surface area contributed by atoms with E-state index in [1.807, 2.05) is 0 Å². The summed E-state index contributed by atoms with van der Waals surface area (Å²) in [5, 5.41) is 16.8. The maximum Gasteiger partial charge on any atom is 0.384 e. The standard InChI is InChI=1S/C9H13F2O3P/c1-15(2)9(14,7(12)13)6-3-4-8(10,11)5-6/h6,14H,1,3-5H2,2H3/p+1. The van der Waals surface area contributed by atoms with Crippen LogP contribution < -0.4 is 0 Å². The Morgan fingerprint density at radius 3 is 2.47 bits per heavy atom. The minimum atomic E-state index is -2.85. The van der Waals surface area contributed by atoms with E-state index in [2.05, 4.69) is 6.30 Å². The van der Waals surface area contributed by atoms with E-state index in [0.29, 0.717) is 0 Å². The zero-order chi connectivity index (χ0) is 11.9. The predicted octanol–water partition coefficient (Wildman–Crippen LogP) is 1.74. The fourth-order valence-electron chi connectivity index (χ4n) is 1.94. The lowest BCUT2D eigenvalue weighted by Crippen LogP contribution is -2.42. The van der Waals surface area contributed by atoms with Crippen molar-refractivity contribution in [3.05, 3.63) is 0 Å². The van der Waals surface area contributed by atoms with Crippen molar-refractivity contribution in [2.75, 3.05) is 6.66 Å². The van der Waals surface area contributed by atoms with Gasteiger partial charge in [-0.3, -0.25) is 0 Å². The Balaban J connectivity index is 2.94. The van der Waals surface area contributed by atoms with E-state index in [1.165, 1.54) is 6.66 Å². The summed E-state index contributed by atoms with van der Waals surface area (Å²) < 4.78 is 25.9. The molecule has 3 nitrogen and oxygen atoms in total. The lowest BCUT2D eigenvalue weighted by molar-refractivity contribution is -0.154. The Bertz CT molecular complexity index is 290. The first-order valence-corrected chi connectivity index (χ1v) is 6.55. The molecule has 6 heteroatoms. The van der Waals surface area contributed by atoms with E-state index in [1.54, 1.807) is 0 Å². The van der Waals surface area contributed by atoms with Crippen LogP contribution in [0.4, 0.5) is 8.78 Å². The Kier molecular flexibility index (Phi) is 3.17. The number of carbonyl (C=O) groups is 1. The number of carboxylic acid groups (broad SMARTS) is 1. The second-order valence-corrected chi connectivity index (χ2v) is 6.10. The van der Waals surface area contributed by atoms with Crippen molar-refractivity contribution in [1.29, 1.82) is 0 Å². The quantitative estimate of drug-likeness (QED) is 0.737. The third-order valence-corrected chi connectivity index (χ3v) is 4.59. The number of hydrogen-bond donors (Lipinski definition) is 2. The van der Waals surface area contributed by atoms with Crippen LogP contribution in [0.5, 0.6) is 0 Å². The van der Waals surface area contributed by atoms with Gasteiger partial charge in [-0.1, -0.05) is 0 Å². The summed E-state index contributed by atoms with van der Waals surface area (Å²) in [5.41, 5.74) is 0. The van der Waals surface area contributed by atoms with Gasteiger partial charge in [0.25, 0.3) is 0 Å². The molecule has 1 aliphatic carbocycles. The van der Waals surface area contributed by atoms with E-state index in [0.717, 1.165) is 0 Å². The fraction of sp³-hybridized carbons (Fsp3) is 0.778. The molecule has 15 heavy (non-hydrogen) atoms. The molecule has 0 bridgehead atoms. The van der Waals surface area contributed by atoms with Crippen LogP contribution in [-0.4, -0.2) is 40.4 Å². The Hall–Kier alpha value is -0.540. The Labute approximate surface area is 87.5 Å². The zero-order valence-corrected chi connectivity index (χ0v) is 9.31. The maximum atomic E-state index is 12.9. The van der Waals surface area contributed by atoms with Gasteiger partial charge in [-0.25, -0.2) is 13.6 Å². The number of hydrogen-bond acceptors (Lipinski definition) is 2. The van der Waals surface area contributed by atoms with Crippen LogP contribution in [0.2, 0.25) is 0 Å². The minimum absolute atomic E-state index is 0.0397. The van der Waals surface area contributed by atoms with Crippen molar-refractivity contribution < 1.29 is 23.8 Å². The topological polar surface area (TPSA) is 57.5 Å². The molecular weight excluding hydrogens is 225 g/mol. The van der Waals surface area contributed by atoms with Gasteiger partial charge in [0, 0.05) is 18.8 Å². The number of halogens is 2. The van der Waals surface area contributed by atoms with Crippen LogP contribution in [0, 0.1) is 5.92 Å². The molecule has 0 radical (unpaired) electrons. The molecule has 1 aliphatic rings. The molecule has 3 atom stereocenters. The number of alkyl halides is 2. The molecule has 86 valence electrons. The highest BCUT2D eigenvalue weighted by Crippen LogP contribution is 2.51. The smallest absolute Gasteiger partial charge is 0.384 e. The molecule has 0 spiro atoms. The second-order valence-electron chi connectivity index (χ2n) is 4.02. The summed E-state index contributed by atoms with van der Waals surface area (Å²) in [5.74, 6) is -5.17. The first kappa shape index (κ1) is 12.5. The van der Waals surface area contributed by atoms with Gasteiger partial charge in [0.1, 0.15) is 7.55 Å². The monoisotopic (exact) mass is 239 g/mol. The normalized spacial score (nSPS) is 29.6. The summed E-state index contributed by atoms with van der Waals surface area (Å²) in [6.45, 7) is 1.49. The number of carboxylic acids is 1. The van der Waals surface area contributed by atoms with Gasteiger partial charge in [0.05, 0.1) is 13.0 Å². The molecular formula is C9H14F2O3P+. The Morgan fingerprint density at radius 1 is 1.67 bits per heavy atom. The van der Waals surface area contributed by atoms with Crippen molar-refractivity contribution in [2.45, 2.75) is 30.5 Å². The van der Waals surface area contributed by atoms with Crippen molar-refractivity contribution in [1.82, 2.24) is 0 Å². The summed E-state index contributed by atoms with van der Waals surface area (Å²) in [6, 6.07) is 0. The van der Waals surface area contributed by atoms with E-state index in [9.17, 15) is 18.7 Å². The van der Waals surface area contributed by atoms with Crippen LogP contribution >= 0.6 is 7.55 Å². The third-order valence-electron chi connectivity index (χ3n) is 2.87. The maximum absolute atomic E-state index is 12.9. The first-order valence-electron chi connectivity index (χ1n) is 4.58. The van der Waals surface area contributed by atoms with Crippen LogP contribution in [0.1, 0.15) is 19.3 Å². The summed E-state index contributed by atoms with van der Waals surface area (Å²) in [6.07, 6.45) is 2.64. The molecule has 0 saturated heterocycles. The molecule has 0 aromatic rings. The van der Waals surface area contributed by atoms with Gasteiger partial charge in [-0.15, -0.1) is 0 Å². The lowest BCUT2D eigenvalue weighted by Gasteiger charge is -2.22. The van der Waals surface area contributed by atoms with Crippen LogP contribution in [0.3, 0.4) is 0 Å². The number of rotatable bonds is 3. The SMILES string of the molecule is C=[P+](C)C(O)(C(=O)O)C1CCC(F)(F)C1. The van der Waals surface area contributed by atoms with E-state index in [4.69, 9.17) is 5.11 Å². The second kappa shape index (κ2) is 3.80. The molecule has 0 heterocycles. The molecule has 3 unspecified atom stereocenters.